The van der Waals surface area contributed by atoms with Gasteiger partial charge in [0.1, 0.15) is 42.3 Å². The summed E-state index contributed by atoms with van der Waals surface area (Å²) in [4.78, 5) is 139. The number of aliphatic carboxylic acids is 2. The summed E-state index contributed by atoms with van der Waals surface area (Å²) in [5, 5.41) is 45.6. The van der Waals surface area contributed by atoms with Gasteiger partial charge in [-0.1, -0.05) is 34.1 Å². The number of aromatic amines is 1. The van der Waals surface area contributed by atoms with Crippen LogP contribution in [-0.2, 0) is 54.4 Å². The number of nitrogens with zero attached hydrogens (tertiary/aromatic N) is 2. The van der Waals surface area contributed by atoms with Crippen LogP contribution in [0.4, 0.5) is 0 Å². The highest BCUT2D eigenvalue weighted by molar-refractivity contribution is 5.98. The van der Waals surface area contributed by atoms with Gasteiger partial charge in [-0.05, 0) is 44.4 Å². The minimum atomic E-state index is -1.82. The van der Waals surface area contributed by atoms with Crippen molar-refractivity contribution in [1.29, 1.82) is 0 Å². The van der Waals surface area contributed by atoms with Gasteiger partial charge in [-0.2, -0.15) is 0 Å². The Morgan fingerprint density at radius 2 is 1.27 bits per heavy atom. The largest absolute Gasteiger partial charge is 0.481 e. The van der Waals surface area contributed by atoms with Crippen molar-refractivity contribution in [2.45, 2.75) is 134 Å². The molecule has 0 spiro atoms. The van der Waals surface area contributed by atoms with Crippen molar-refractivity contribution in [2.24, 2.45) is 39.8 Å². The Kier molecular flexibility index (Phi) is 24.9. The van der Waals surface area contributed by atoms with Crippen LogP contribution in [0.25, 0.3) is 0 Å². The summed E-state index contributed by atoms with van der Waals surface area (Å²) in [6, 6.07) is -11.7. The second-order valence-electron chi connectivity index (χ2n) is 16.0. The molecule has 1 heterocycles. The van der Waals surface area contributed by atoms with Crippen molar-refractivity contribution in [3.8, 4) is 0 Å². The molecular weight excluding hydrogens is 873 g/mol. The number of hydrogen-bond acceptors (Lipinski definition) is 14. The molecule has 0 saturated heterocycles. The third-order valence-corrected chi connectivity index (χ3v) is 9.92. The van der Waals surface area contributed by atoms with Crippen LogP contribution in [-0.4, -0.2) is 152 Å². The van der Waals surface area contributed by atoms with Crippen LogP contribution in [0, 0.1) is 11.8 Å². The highest BCUT2D eigenvalue weighted by Gasteiger charge is 2.35. The summed E-state index contributed by atoms with van der Waals surface area (Å²) < 4.78 is 0. The topological polar surface area (TPSA) is 461 Å². The van der Waals surface area contributed by atoms with E-state index in [1.54, 1.807) is 27.7 Å². The fourth-order valence-electron chi connectivity index (χ4n) is 6.02. The zero-order valence-corrected chi connectivity index (χ0v) is 37.6. The van der Waals surface area contributed by atoms with Crippen molar-refractivity contribution in [2.75, 3.05) is 13.2 Å². The molecular formula is C39H66N14O13. The number of hydrogen-bond donors (Lipinski definition) is 15. The van der Waals surface area contributed by atoms with Crippen molar-refractivity contribution < 1.29 is 63.3 Å². The molecule has 27 nitrogen and oxygen atoms in total. The van der Waals surface area contributed by atoms with E-state index in [1.165, 1.54) is 19.4 Å². The van der Waals surface area contributed by atoms with Gasteiger partial charge >= 0.3 is 11.9 Å². The lowest BCUT2D eigenvalue weighted by Gasteiger charge is -2.29. The number of primary amides is 1. The maximum Gasteiger partial charge on any atom is 0.326 e. The summed E-state index contributed by atoms with van der Waals surface area (Å²) in [5.74, 6) is -11.5. The number of aliphatic hydroxyl groups excluding tert-OH is 1. The fourth-order valence-corrected chi connectivity index (χ4v) is 6.02. The van der Waals surface area contributed by atoms with Gasteiger partial charge in [0, 0.05) is 31.3 Å². The lowest BCUT2D eigenvalue weighted by atomic mass is 9.96. The first kappa shape index (κ1) is 57.1. The van der Waals surface area contributed by atoms with Gasteiger partial charge in [0.2, 0.25) is 47.3 Å². The average molecular weight is 939 g/mol. The predicted molar refractivity (Wildman–Crippen MR) is 234 cm³/mol. The minimum Gasteiger partial charge on any atom is -0.481 e. The molecule has 370 valence electrons. The molecule has 0 aromatic carbocycles. The van der Waals surface area contributed by atoms with Crippen molar-refractivity contribution in [1.82, 2.24) is 47.2 Å². The number of nitrogens with two attached hydrogens (primary N) is 4. The van der Waals surface area contributed by atoms with Crippen molar-refractivity contribution in [3.05, 3.63) is 18.2 Å². The van der Waals surface area contributed by atoms with E-state index in [-0.39, 0.29) is 50.5 Å². The number of amides is 8. The summed E-state index contributed by atoms with van der Waals surface area (Å²) in [5.41, 5.74) is 22.1. The van der Waals surface area contributed by atoms with Crippen LogP contribution in [0.3, 0.4) is 0 Å². The van der Waals surface area contributed by atoms with Crippen molar-refractivity contribution in [3.63, 3.8) is 0 Å². The first-order valence-electron chi connectivity index (χ1n) is 21.1. The Balaban J connectivity index is 3.17. The molecule has 0 aliphatic heterocycles. The number of aliphatic imine (C=N–C) groups is 1. The van der Waals surface area contributed by atoms with Gasteiger partial charge in [0.25, 0.3) is 0 Å². The number of nitrogens with one attached hydrogen (secondary N) is 8. The number of imidazole rings is 1. The number of rotatable bonds is 31. The number of carbonyl (C=O) groups excluding carboxylic acids is 8. The highest BCUT2D eigenvalue weighted by atomic mass is 16.4. The minimum absolute atomic E-state index is 0.00945. The molecule has 66 heavy (non-hydrogen) atoms. The Labute approximate surface area is 380 Å². The first-order chi connectivity index (χ1) is 30.9. The number of guanidine groups is 1. The van der Waals surface area contributed by atoms with Gasteiger partial charge in [-0.3, -0.25) is 48.1 Å². The van der Waals surface area contributed by atoms with Gasteiger partial charge in [0.05, 0.1) is 25.4 Å². The Hall–Kier alpha value is -6.90. The smallest absolute Gasteiger partial charge is 0.326 e. The van der Waals surface area contributed by atoms with Gasteiger partial charge in [-0.25, -0.2) is 9.78 Å². The monoisotopic (exact) mass is 938 g/mol. The molecule has 8 amide bonds. The summed E-state index contributed by atoms with van der Waals surface area (Å²) >= 11 is 0. The first-order valence-corrected chi connectivity index (χ1v) is 21.1. The molecule has 0 aliphatic rings. The number of carboxylic acid groups (broad SMARTS) is 2. The molecule has 0 aliphatic carbocycles. The Morgan fingerprint density at radius 3 is 1.80 bits per heavy atom. The SMILES string of the molecule is CC[C@H](C)[C@H](NC(=O)[C@H](CC(C)C)NC(=O)[C@H](C)NC(=O)[C@H](CC(=O)O)NC(=O)[C@H](CO)NC(=O)[C@@H](N)CCCN=C(N)N)C(=O)N[C@@H](CCC(N)=O)C(=O)N[C@@H](Cc1cnc[nH]1)C(=O)O. The molecule has 0 saturated carbocycles. The summed E-state index contributed by atoms with van der Waals surface area (Å²) in [6.45, 7) is 7.22. The second-order valence-corrected chi connectivity index (χ2v) is 16.0. The van der Waals surface area contributed by atoms with Crippen LogP contribution >= 0.6 is 0 Å². The molecule has 0 radical (unpaired) electrons. The molecule has 0 unspecified atom stereocenters. The van der Waals surface area contributed by atoms with E-state index < -0.39 is 126 Å². The lowest BCUT2D eigenvalue weighted by Crippen LogP contribution is -2.61. The van der Waals surface area contributed by atoms with Crippen LogP contribution in [0.2, 0.25) is 0 Å². The van der Waals surface area contributed by atoms with E-state index in [1.807, 2.05) is 0 Å². The van der Waals surface area contributed by atoms with Gasteiger partial charge < -0.3 is 80.5 Å². The molecule has 0 bridgehead atoms. The second kappa shape index (κ2) is 28.8. The Bertz CT molecular complexity index is 1860. The quantitative estimate of drug-likeness (QED) is 0.0188. The Morgan fingerprint density at radius 1 is 0.712 bits per heavy atom. The number of aromatic nitrogens is 2. The van der Waals surface area contributed by atoms with Gasteiger partial charge in [-0.15, -0.1) is 0 Å². The van der Waals surface area contributed by atoms with E-state index in [0.717, 1.165) is 0 Å². The van der Waals surface area contributed by atoms with Gasteiger partial charge in [0.15, 0.2) is 5.96 Å². The predicted octanol–water partition coefficient (Wildman–Crippen LogP) is -5.34. The third-order valence-electron chi connectivity index (χ3n) is 9.92. The summed E-state index contributed by atoms with van der Waals surface area (Å²) in [7, 11) is 0. The molecule has 19 N–H and O–H groups in total. The van der Waals surface area contributed by atoms with Crippen LogP contribution in [0.15, 0.2) is 17.5 Å². The van der Waals surface area contributed by atoms with E-state index in [9.17, 15) is 63.3 Å². The molecule has 27 heteroatoms. The number of carbonyl (C=O) groups is 10. The maximum atomic E-state index is 13.9. The molecule has 0 fully saturated rings. The standard InChI is InChI=1S/C39H66N14O13/c1-6-19(4)30(37(64)48-23(9-10-28(41)55)33(60)51-26(38(65)66)13-21-15-44-17-46-21)53-35(62)24(12-18(2)3)49-31(58)20(5)47-34(61)25(14-29(56)57)50-36(63)27(16-54)52-32(59)22(40)8-7-11-45-39(42)43/h15,17-20,22-27,30,54H,6-14,16,40H2,1-5H3,(H2,41,55)(H,44,46)(H,47,61)(H,48,64)(H,49,58)(H,50,63)(H,51,60)(H,52,59)(H,53,62)(H,56,57)(H,65,66)(H4,42,43,45)/t19-,20-,22-,23-,24-,25-,26-,27-,30-/m0/s1. The lowest BCUT2D eigenvalue weighted by molar-refractivity contribution is -0.142. The highest BCUT2D eigenvalue weighted by Crippen LogP contribution is 2.13. The van der Waals surface area contributed by atoms with E-state index in [2.05, 4.69) is 52.2 Å². The zero-order valence-electron chi connectivity index (χ0n) is 37.6. The van der Waals surface area contributed by atoms with Crippen LogP contribution in [0.1, 0.15) is 85.3 Å². The van der Waals surface area contributed by atoms with E-state index >= 15 is 0 Å². The average Bonchev–Trinajstić information content (AvgIpc) is 3.76. The maximum absolute atomic E-state index is 13.9. The van der Waals surface area contributed by atoms with Crippen molar-refractivity contribution >= 4 is 65.2 Å². The normalized spacial score (nSPS) is 15.1. The summed E-state index contributed by atoms with van der Waals surface area (Å²) in [6.07, 6.45) is 1.51. The number of carboxylic acids is 2. The van der Waals surface area contributed by atoms with Crippen LogP contribution in [0.5, 0.6) is 0 Å². The van der Waals surface area contributed by atoms with E-state index in [4.69, 9.17) is 22.9 Å². The molecule has 9 atom stereocenters. The fraction of sp³-hybridized carbons (Fsp3) is 0.641. The molecule has 1 rings (SSSR count). The molecule has 1 aromatic rings. The zero-order chi connectivity index (χ0) is 50.3. The molecule has 1 aromatic heterocycles. The third kappa shape index (κ3) is 21.2. The van der Waals surface area contributed by atoms with E-state index in [0.29, 0.717) is 18.5 Å². The number of H-pyrrole nitrogens is 1. The van der Waals surface area contributed by atoms with Crippen LogP contribution < -0.4 is 60.2 Å². The number of aliphatic hydroxyl groups is 1.